The van der Waals surface area contributed by atoms with E-state index in [-0.39, 0.29) is 16.5 Å². The third-order valence-corrected chi connectivity index (χ3v) is 4.71. The van der Waals surface area contributed by atoms with E-state index in [1.807, 2.05) is 36.9 Å². The van der Waals surface area contributed by atoms with Crippen molar-refractivity contribution in [3.63, 3.8) is 0 Å². The molecule has 0 aliphatic carbocycles. The van der Waals surface area contributed by atoms with E-state index >= 15 is 0 Å². The molecular weight excluding hydrogens is 330 g/mol. The Morgan fingerprint density at radius 2 is 1.65 bits per heavy atom. The SMILES string of the molecule is Cc1cc(C)cc(C(=O)N2CCN(Cc3ccccc3[N+](=O)[O-])CC2)c1. The van der Waals surface area contributed by atoms with Gasteiger partial charge in [-0.2, -0.15) is 0 Å². The molecule has 2 aromatic carbocycles. The topological polar surface area (TPSA) is 66.7 Å². The Morgan fingerprint density at radius 1 is 1.04 bits per heavy atom. The Morgan fingerprint density at radius 3 is 2.27 bits per heavy atom. The van der Waals surface area contributed by atoms with Crippen molar-refractivity contribution in [2.45, 2.75) is 20.4 Å². The molecule has 3 rings (SSSR count). The molecule has 0 spiro atoms. The van der Waals surface area contributed by atoms with Gasteiger partial charge in [0.2, 0.25) is 0 Å². The standard InChI is InChI=1S/C20H23N3O3/c1-15-11-16(2)13-18(12-15)20(24)22-9-7-21(8-10-22)14-17-5-3-4-6-19(17)23(25)26/h3-6,11-13H,7-10,14H2,1-2H3. The lowest BCUT2D eigenvalue weighted by Crippen LogP contribution is -2.48. The van der Waals surface area contributed by atoms with Gasteiger partial charge in [-0.1, -0.05) is 35.4 Å². The minimum absolute atomic E-state index is 0.0575. The van der Waals surface area contributed by atoms with Crippen LogP contribution < -0.4 is 0 Å². The fraction of sp³-hybridized carbons (Fsp3) is 0.350. The minimum atomic E-state index is -0.338. The molecule has 0 radical (unpaired) electrons. The highest BCUT2D eigenvalue weighted by molar-refractivity contribution is 5.94. The summed E-state index contributed by atoms with van der Waals surface area (Å²) in [6, 6.07) is 12.7. The van der Waals surface area contributed by atoms with E-state index in [1.54, 1.807) is 12.1 Å². The summed E-state index contributed by atoms with van der Waals surface area (Å²) in [5.74, 6) is 0.0575. The smallest absolute Gasteiger partial charge is 0.273 e. The molecule has 0 aromatic heterocycles. The lowest BCUT2D eigenvalue weighted by atomic mass is 10.1. The highest BCUT2D eigenvalue weighted by atomic mass is 16.6. The first-order valence-corrected chi connectivity index (χ1v) is 8.76. The average molecular weight is 353 g/mol. The first-order valence-electron chi connectivity index (χ1n) is 8.76. The molecule has 6 heteroatoms. The fourth-order valence-electron chi connectivity index (χ4n) is 3.45. The van der Waals surface area contributed by atoms with Crippen LogP contribution in [0.2, 0.25) is 0 Å². The number of carbonyl (C=O) groups is 1. The van der Waals surface area contributed by atoms with Crippen molar-refractivity contribution in [2.75, 3.05) is 26.2 Å². The monoisotopic (exact) mass is 353 g/mol. The summed E-state index contributed by atoms with van der Waals surface area (Å²) in [6.07, 6.45) is 0. The molecule has 1 fully saturated rings. The van der Waals surface area contributed by atoms with Gasteiger partial charge in [-0.15, -0.1) is 0 Å². The molecule has 2 aromatic rings. The molecule has 0 N–H and O–H groups in total. The van der Waals surface area contributed by atoms with Crippen molar-refractivity contribution >= 4 is 11.6 Å². The zero-order valence-corrected chi connectivity index (χ0v) is 15.1. The summed E-state index contributed by atoms with van der Waals surface area (Å²) in [5.41, 5.74) is 3.77. The Labute approximate surface area is 153 Å². The molecule has 1 heterocycles. The largest absolute Gasteiger partial charge is 0.336 e. The van der Waals surface area contributed by atoms with Crippen molar-refractivity contribution in [1.82, 2.24) is 9.80 Å². The van der Waals surface area contributed by atoms with Gasteiger partial charge in [-0.25, -0.2) is 0 Å². The summed E-state index contributed by atoms with van der Waals surface area (Å²) in [4.78, 5) is 27.6. The zero-order valence-electron chi connectivity index (χ0n) is 15.1. The molecule has 1 saturated heterocycles. The van der Waals surface area contributed by atoms with Gasteiger partial charge in [0, 0.05) is 49.9 Å². The van der Waals surface area contributed by atoms with E-state index in [0.29, 0.717) is 38.3 Å². The quantitative estimate of drug-likeness (QED) is 0.625. The van der Waals surface area contributed by atoms with Gasteiger partial charge in [0.1, 0.15) is 0 Å². The summed E-state index contributed by atoms with van der Waals surface area (Å²) in [5, 5.41) is 11.2. The molecule has 0 bridgehead atoms. The van der Waals surface area contributed by atoms with Crippen LogP contribution in [-0.2, 0) is 6.54 Å². The van der Waals surface area contributed by atoms with Crippen molar-refractivity contribution < 1.29 is 9.72 Å². The van der Waals surface area contributed by atoms with E-state index in [0.717, 1.165) is 16.7 Å². The maximum atomic E-state index is 12.7. The number of nitro groups is 1. The van der Waals surface area contributed by atoms with Gasteiger partial charge in [0.15, 0.2) is 0 Å². The summed E-state index contributed by atoms with van der Waals surface area (Å²) >= 11 is 0. The molecule has 0 atom stereocenters. The molecule has 1 aliphatic rings. The third kappa shape index (κ3) is 4.08. The highest BCUT2D eigenvalue weighted by Crippen LogP contribution is 2.20. The van der Waals surface area contributed by atoms with Crippen molar-refractivity contribution in [3.8, 4) is 0 Å². The first-order chi connectivity index (χ1) is 12.4. The number of aryl methyl sites for hydroxylation is 2. The minimum Gasteiger partial charge on any atom is -0.336 e. The third-order valence-electron chi connectivity index (χ3n) is 4.71. The van der Waals surface area contributed by atoms with Crippen LogP contribution in [0.1, 0.15) is 27.0 Å². The number of rotatable bonds is 4. The van der Waals surface area contributed by atoms with Crippen LogP contribution in [0.15, 0.2) is 42.5 Å². The van der Waals surface area contributed by atoms with Crippen LogP contribution in [-0.4, -0.2) is 46.8 Å². The molecule has 1 amide bonds. The molecule has 6 nitrogen and oxygen atoms in total. The number of amides is 1. The number of para-hydroxylation sites is 1. The fourth-order valence-corrected chi connectivity index (χ4v) is 3.45. The zero-order chi connectivity index (χ0) is 18.7. The lowest BCUT2D eigenvalue weighted by Gasteiger charge is -2.34. The van der Waals surface area contributed by atoms with Gasteiger partial charge in [0.05, 0.1) is 4.92 Å². The average Bonchev–Trinajstić information content (AvgIpc) is 2.61. The number of hydrogen-bond acceptors (Lipinski definition) is 4. The van der Waals surface area contributed by atoms with Gasteiger partial charge >= 0.3 is 0 Å². The van der Waals surface area contributed by atoms with Crippen LogP contribution in [0.4, 0.5) is 5.69 Å². The maximum Gasteiger partial charge on any atom is 0.273 e. The van der Waals surface area contributed by atoms with Gasteiger partial charge in [-0.3, -0.25) is 19.8 Å². The van der Waals surface area contributed by atoms with E-state index in [9.17, 15) is 14.9 Å². The second-order valence-electron chi connectivity index (χ2n) is 6.83. The molecule has 0 unspecified atom stereocenters. The molecule has 1 aliphatic heterocycles. The normalized spacial score (nSPS) is 15.1. The first kappa shape index (κ1) is 18.1. The number of hydrogen-bond donors (Lipinski definition) is 0. The van der Waals surface area contributed by atoms with Gasteiger partial charge in [0.25, 0.3) is 11.6 Å². The predicted octanol–water partition coefficient (Wildman–Crippen LogP) is 3.17. The van der Waals surface area contributed by atoms with Gasteiger partial charge in [-0.05, 0) is 26.0 Å². The second kappa shape index (κ2) is 7.66. The number of nitro benzene ring substituents is 1. The number of piperazine rings is 1. The predicted molar refractivity (Wildman–Crippen MR) is 100 cm³/mol. The van der Waals surface area contributed by atoms with E-state index in [4.69, 9.17) is 0 Å². The van der Waals surface area contributed by atoms with Crippen molar-refractivity contribution in [2.24, 2.45) is 0 Å². The van der Waals surface area contributed by atoms with E-state index in [2.05, 4.69) is 11.0 Å². The highest BCUT2D eigenvalue weighted by Gasteiger charge is 2.24. The maximum absolute atomic E-state index is 12.7. The summed E-state index contributed by atoms with van der Waals surface area (Å²) in [7, 11) is 0. The Balaban J connectivity index is 1.63. The summed E-state index contributed by atoms with van der Waals surface area (Å²) < 4.78 is 0. The Kier molecular flexibility index (Phi) is 5.32. The van der Waals surface area contributed by atoms with E-state index < -0.39 is 0 Å². The molecule has 26 heavy (non-hydrogen) atoms. The summed E-state index contributed by atoms with van der Waals surface area (Å²) in [6.45, 7) is 7.20. The second-order valence-corrected chi connectivity index (χ2v) is 6.83. The Bertz CT molecular complexity index is 807. The van der Waals surface area contributed by atoms with Crippen molar-refractivity contribution in [3.05, 3.63) is 74.8 Å². The number of benzene rings is 2. The van der Waals surface area contributed by atoms with Crippen LogP contribution >= 0.6 is 0 Å². The Hall–Kier alpha value is -2.73. The van der Waals surface area contributed by atoms with Crippen LogP contribution in [0.3, 0.4) is 0 Å². The van der Waals surface area contributed by atoms with Crippen LogP contribution in [0.25, 0.3) is 0 Å². The molecule has 136 valence electrons. The number of carbonyl (C=O) groups excluding carboxylic acids is 1. The van der Waals surface area contributed by atoms with Crippen molar-refractivity contribution in [1.29, 1.82) is 0 Å². The van der Waals surface area contributed by atoms with Crippen LogP contribution in [0, 0.1) is 24.0 Å². The van der Waals surface area contributed by atoms with E-state index in [1.165, 1.54) is 6.07 Å². The van der Waals surface area contributed by atoms with Gasteiger partial charge < -0.3 is 4.90 Å². The molecular formula is C20H23N3O3. The number of nitrogens with zero attached hydrogens (tertiary/aromatic N) is 3. The molecule has 0 saturated carbocycles. The van der Waals surface area contributed by atoms with Crippen LogP contribution in [0.5, 0.6) is 0 Å². The lowest BCUT2D eigenvalue weighted by molar-refractivity contribution is -0.385.